The molecule has 0 aromatic heterocycles. The van der Waals surface area contributed by atoms with Crippen molar-refractivity contribution in [1.82, 2.24) is 4.90 Å². The Morgan fingerprint density at radius 3 is 2.59 bits per heavy atom. The Hall–Kier alpha value is -1.82. The van der Waals surface area contributed by atoms with Gasteiger partial charge in [-0.3, -0.25) is 4.79 Å². The van der Waals surface area contributed by atoms with Crippen molar-refractivity contribution in [2.75, 3.05) is 13.6 Å². The Kier molecular flexibility index (Phi) is 3.90. The van der Waals surface area contributed by atoms with E-state index in [-0.39, 0.29) is 11.3 Å². The molecule has 1 aromatic carbocycles. The first-order valence-electron chi connectivity index (χ1n) is 5.59. The molecule has 0 saturated heterocycles. The van der Waals surface area contributed by atoms with Gasteiger partial charge in [0.25, 0.3) is 5.91 Å². The van der Waals surface area contributed by atoms with Crippen LogP contribution in [0.2, 0.25) is 0 Å². The molecule has 0 aliphatic rings. The molecule has 0 spiro atoms. The molecule has 0 unspecified atom stereocenters. The molecule has 1 amide bonds. The van der Waals surface area contributed by atoms with Gasteiger partial charge < -0.3 is 4.90 Å². The average molecular weight is 230 g/mol. The molecule has 0 radical (unpaired) electrons. The highest BCUT2D eigenvalue weighted by atomic mass is 16.2. The van der Waals surface area contributed by atoms with E-state index in [0.717, 1.165) is 0 Å². The van der Waals surface area contributed by atoms with Crippen molar-refractivity contribution in [3.8, 4) is 6.07 Å². The normalized spacial score (nSPS) is 10.8. The van der Waals surface area contributed by atoms with Crippen LogP contribution in [-0.4, -0.2) is 24.4 Å². The lowest BCUT2D eigenvalue weighted by Gasteiger charge is -2.26. The molecular weight excluding hydrogens is 212 g/mol. The lowest BCUT2D eigenvalue weighted by Crippen LogP contribution is -2.34. The Balaban J connectivity index is 2.86. The maximum absolute atomic E-state index is 12.1. The van der Waals surface area contributed by atoms with Crippen LogP contribution in [0.3, 0.4) is 0 Å². The second kappa shape index (κ2) is 5.01. The van der Waals surface area contributed by atoms with Crippen molar-refractivity contribution in [3.05, 3.63) is 35.4 Å². The quantitative estimate of drug-likeness (QED) is 0.784. The number of rotatable bonds is 2. The summed E-state index contributed by atoms with van der Waals surface area (Å²) in [5.74, 6) is -0.0444. The van der Waals surface area contributed by atoms with E-state index in [1.54, 1.807) is 36.2 Å². The van der Waals surface area contributed by atoms with Crippen molar-refractivity contribution in [1.29, 1.82) is 5.26 Å². The number of hydrogen-bond acceptors (Lipinski definition) is 2. The van der Waals surface area contributed by atoms with Crippen LogP contribution in [0.5, 0.6) is 0 Å². The van der Waals surface area contributed by atoms with E-state index in [9.17, 15) is 4.79 Å². The van der Waals surface area contributed by atoms with Crippen LogP contribution in [0.15, 0.2) is 24.3 Å². The van der Waals surface area contributed by atoms with E-state index in [4.69, 9.17) is 5.26 Å². The molecule has 0 aliphatic carbocycles. The van der Waals surface area contributed by atoms with Gasteiger partial charge in [0.05, 0.1) is 11.6 Å². The van der Waals surface area contributed by atoms with Gasteiger partial charge >= 0.3 is 0 Å². The number of nitriles is 1. The summed E-state index contributed by atoms with van der Waals surface area (Å²) in [4.78, 5) is 13.8. The summed E-state index contributed by atoms with van der Waals surface area (Å²) in [6, 6.07) is 8.83. The predicted octanol–water partition coefficient (Wildman–Crippen LogP) is 2.68. The summed E-state index contributed by atoms with van der Waals surface area (Å²) in [5, 5.41) is 8.79. The van der Waals surface area contributed by atoms with Gasteiger partial charge in [-0.05, 0) is 23.6 Å². The Bertz CT molecular complexity index is 452. The summed E-state index contributed by atoms with van der Waals surface area (Å²) in [7, 11) is 1.78. The van der Waals surface area contributed by atoms with Gasteiger partial charge in [-0.1, -0.05) is 26.8 Å². The van der Waals surface area contributed by atoms with Crippen molar-refractivity contribution in [3.63, 3.8) is 0 Å². The fourth-order valence-corrected chi connectivity index (χ4v) is 1.73. The highest BCUT2D eigenvalue weighted by molar-refractivity contribution is 5.94. The third kappa shape index (κ3) is 3.92. The third-order valence-electron chi connectivity index (χ3n) is 2.30. The van der Waals surface area contributed by atoms with E-state index >= 15 is 0 Å². The van der Waals surface area contributed by atoms with Crippen LogP contribution < -0.4 is 0 Å². The Labute approximate surface area is 103 Å². The Morgan fingerprint density at radius 2 is 2.06 bits per heavy atom. The first kappa shape index (κ1) is 13.2. The van der Waals surface area contributed by atoms with Crippen molar-refractivity contribution < 1.29 is 4.79 Å². The SMILES string of the molecule is CN(CC(C)(C)C)C(=O)c1cccc(C#N)c1. The monoisotopic (exact) mass is 230 g/mol. The predicted molar refractivity (Wildman–Crippen MR) is 67.6 cm³/mol. The molecule has 17 heavy (non-hydrogen) atoms. The smallest absolute Gasteiger partial charge is 0.253 e. The lowest BCUT2D eigenvalue weighted by atomic mass is 9.96. The number of carbonyl (C=O) groups excluding carboxylic acids is 1. The van der Waals surface area contributed by atoms with Gasteiger partial charge in [0, 0.05) is 19.2 Å². The van der Waals surface area contributed by atoms with E-state index in [1.807, 2.05) is 6.07 Å². The van der Waals surface area contributed by atoms with E-state index in [1.165, 1.54) is 0 Å². The summed E-state index contributed by atoms with van der Waals surface area (Å²) in [6.07, 6.45) is 0. The minimum Gasteiger partial charge on any atom is -0.341 e. The van der Waals surface area contributed by atoms with E-state index in [0.29, 0.717) is 17.7 Å². The molecule has 0 atom stereocenters. The number of carbonyl (C=O) groups is 1. The van der Waals surface area contributed by atoms with Gasteiger partial charge in [-0.15, -0.1) is 0 Å². The van der Waals surface area contributed by atoms with Crippen molar-refractivity contribution in [2.45, 2.75) is 20.8 Å². The second-order valence-corrected chi connectivity index (χ2v) is 5.41. The van der Waals surface area contributed by atoms with Crippen molar-refractivity contribution in [2.24, 2.45) is 5.41 Å². The van der Waals surface area contributed by atoms with Crippen LogP contribution in [0.1, 0.15) is 36.7 Å². The van der Waals surface area contributed by atoms with Crippen LogP contribution in [0.4, 0.5) is 0 Å². The molecule has 3 heteroatoms. The number of nitrogens with zero attached hydrogens (tertiary/aromatic N) is 2. The minimum atomic E-state index is -0.0444. The Morgan fingerprint density at radius 1 is 1.41 bits per heavy atom. The number of amides is 1. The molecule has 0 N–H and O–H groups in total. The fourth-order valence-electron chi connectivity index (χ4n) is 1.73. The molecule has 3 nitrogen and oxygen atoms in total. The topological polar surface area (TPSA) is 44.1 Å². The average Bonchev–Trinajstić information content (AvgIpc) is 2.26. The number of benzene rings is 1. The van der Waals surface area contributed by atoms with Gasteiger partial charge in [-0.25, -0.2) is 0 Å². The molecule has 90 valence electrons. The highest BCUT2D eigenvalue weighted by Crippen LogP contribution is 2.16. The maximum Gasteiger partial charge on any atom is 0.253 e. The summed E-state index contributed by atoms with van der Waals surface area (Å²) in [5.41, 5.74) is 1.15. The van der Waals surface area contributed by atoms with Gasteiger partial charge in [0.15, 0.2) is 0 Å². The fraction of sp³-hybridized carbons (Fsp3) is 0.429. The minimum absolute atomic E-state index is 0.0444. The molecule has 1 aromatic rings. The standard InChI is InChI=1S/C14H18N2O/c1-14(2,3)10-16(4)13(17)12-7-5-6-11(8-12)9-15/h5-8H,10H2,1-4H3. The summed E-state index contributed by atoms with van der Waals surface area (Å²) >= 11 is 0. The number of hydrogen-bond donors (Lipinski definition) is 0. The molecular formula is C14H18N2O. The van der Waals surface area contributed by atoms with Crippen molar-refractivity contribution >= 4 is 5.91 Å². The molecule has 0 aliphatic heterocycles. The first-order valence-corrected chi connectivity index (χ1v) is 5.59. The lowest BCUT2D eigenvalue weighted by molar-refractivity contribution is 0.0745. The zero-order valence-corrected chi connectivity index (χ0v) is 10.8. The second-order valence-electron chi connectivity index (χ2n) is 5.41. The maximum atomic E-state index is 12.1. The van der Waals surface area contributed by atoms with Gasteiger partial charge in [0.1, 0.15) is 0 Å². The zero-order chi connectivity index (χ0) is 13.1. The zero-order valence-electron chi connectivity index (χ0n) is 10.8. The van der Waals surface area contributed by atoms with Gasteiger partial charge in [-0.2, -0.15) is 5.26 Å². The third-order valence-corrected chi connectivity index (χ3v) is 2.30. The molecule has 0 bridgehead atoms. The molecule has 0 saturated carbocycles. The van der Waals surface area contributed by atoms with Crippen LogP contribution in [-0.2, 0) is 0 Å². The van der Waals surface area contributed by atoms with Crippen LogP contribution in [0.25, 0.3) is 0 Å². The molecule has 0 heterocycles. The first-order chi connectivity index (χ1) is 7.83. The van der Waals surface area contributed by atoms with Gasteiger partial charge in [0.2, 0.25) is 0 Å². The van der Waals surface area contributed by atoms with Crippen LogP contribution >= 0.6 is 0 Å². The van der Waals surface area contributed by atoms with E-state index in [2.05, 4.69) is 20.8 Å². The largest absolute Gasteiger partial charge is 0.341 e. The summed E-state index contributed by atoms with van der Waals surface area (Å²) in [6.45, 7) is 6.94. The molecule has 0 fully saturated rings. The molecule has 1 rings (SSSR count). The highest BCUT2D eigenvalue weighted by Gasteiger charge is 2.18. The summed E-state index contributed by atoms with van der Waals surface area (Å²) < 4.78 is 0. The van der Waals surface area contributed by atoms with Crippen LogP contribution in [0, 0.1) is 16.7 Å². The van der Waals surface area contributed by atoms with E-state index < -0.39 is 0 Å².